The number of carbonyl (C=O) groups excluding carboxylic acids is 1. The molecule has 0 fully saturated rings. The quantitative estimate of drug-likeness (QED) is 0.101. The van der Waals surface area contributed by atoms with E-state index in [-0.39, 0.29) is 0 Å². The summed E-state index contributed by atoms with van der Waals surface area (Å²) in [6.45, 7) is 7.46. The highest BCUT2D eigenvalue weighted by molar-refractivity contribution is 5.91. The third kappa shape index (κ3) is 11.4. The van der Waals surface area contributed by atoms with Crippen LogP contribution < -0.4 is 14.2 Å². The number of benzene rings is 2. The summed E-state index contributed by atoms with van der Waals surface area (Å²) in [6, 6.07) is 14.2. The lowest BCUT2D eigenvalue weighted by Crippen LogP contribution is -2.08. The number of hydrogen-bond donors (Lipinski definition) is 0. The lowest BCUT2D eigenvalue weighted by Gasteiger charge is -2.09. The lowest BCUT2D eigenvalue weighted by molar-refractivity contribution is 0.0734. The Morgan fingerprint density at radius 3 is 2.21 bits per heavy atom. The molecular weight excluding hydrogens is 424 g/mol. The lowest BCUT2D eigenvalue weighted by atomic mass is 10.0. The summed E-state index contributed by atoms with van der Waals surface area (Å²) >= 11 is 0. The molecule has 0 aliphatic rings. The largest absolute Gasteiger partial charge is 0.494 e. The summed E-state index contributed by atoms with van der Waals surface area (Å²) in [7, 11) is 0. The molecule has 0 radical (unpaired) electrons. The van der Waals surface area contributed by atoms with Crippen LogP contribution in [0.4, 0.5) is 0 Å². The Morgan fingerprint density at radius 1 is 0.824 bits per heavy atom. The van der Waals surface area contributed by atoms with Gasteiger partial charge in [0.05, 0.1) is 18.4 Å². The topological polar surface area (TPSA) is 44.8 Å². The maximum absolute atomic E-state index is 12.4. The number of ether oxygens (including phenoxy) is 3. The van der Waals surface area contributed by atoms with Crippen molar-refractivity contribution in [1.82, 2.24) is 0 Å². The van der Waals surface area contributed by atoms with E-state index >= 15 is 0 Å². The number of carbonyl (C=O) groups is 1. The van der Waals surface area contributed by atoms with Crippen molar-refractivity contribution in [3.05, 3.63) is 66.4 Å². The van der Waals surface area contributed by atoms with Gasteiger partial charge in [0.25, 0.3) is 0 Å². The SMILES string of the molecule is CCCCCC/C=C/Oc1ccc(OC(=O)c2ccc(OCCCCC[C@@H](C)CC)cc2)cc1. The Balaban J connectivity index is 1.68. The van der Waals surface area contributed by atoms with Crippen LogP contribution in [0.15, 0.2) is 60.9 Å². The molecule has 0 aliphatic heterocycles. The minimum atomic E-state index is -0.391. The number of rotatable bonds is 17. The number of unbranched alkanes of at least 4 members (excludes halogenated alkanes) is 6. The molecule has 0 spiro atoms. The minimum absolute atomic E-state index is 0.391. The molecule has 0 amide bonds. The molecule has 0 aliphatic carbocycles. The molecule has 186 valence electrons. The zero-order valence-electron chi connectivity index (χ0n) is 21.3. The van der Waals surface area contributed by atoms with Crippen molar-refractivity contribution >= 4 is 5.97 Å². The van der Waals surface area contributed by atoms with E-state index in [2.05, 4.69) is 20.8 Å². The first-order valence-electron chi connectivity index (χ1n) is 13.0. The first-order valence-corrected chi connectivity index (χ1v) is 13.0. The monoisotopic (exact) mass is 466 g/mol. The predicted octanol–water partition coefficient (Wildman–Crippen LogP) is 8.75. The van der Waals surface area contributed by atoms with Crippen molar-refractivity contribution in [2.45, 2.75) is 85.0 Å². The second kappa shape index (κ2) is 16.8. The second-order valence-electron chi connectivity index (χ2n) is 8.94. The predicted molar refractivity (Wildman–Crippen MR) is 140 cm³/mol. The molecule has 2 aromatic carbocycles. The van der Waals surface area contributed by atoms with Crippen molar-refractivity contribution in [3.63, 3.8) is 0 Å². The molecule has 0 bridgehead atoms. The highest BCUT2D eigenvalue weighted by Gasteiger charge is 2.09. The first kappa shape index (κ1) is 27.5. The standard InChI is InChI=1S/C30H42O4/c1-4-6-7-8-9-12-23-33-28-19-21-29(22-20-28)34-30(31)26-15-17-27(18-16-26)32-24-13-10-11-14-25(3)5-2/h12,15-23,25H,4-11,13-14,24H2,1-3H3/b23-12+/t25-/m0/s1. The summed E-state index contributed by atoms with van der Waals surface area (Å²) < 4.78 is 16.9. The van der Waals surface area contributed by atoms with Gasteiger partial charge in [-0.15, -0.1) is 0 Å². The van der Waals surface area contributed by atoms with Crippen LogP contribution in [0.25, 0.3) is 0 Å². The molecule has 0 saturated carbocycles. The van der Waals surface area contributed by atoms with E-state index in [1.807, 2.05) is 18.2 Å². The summed E-state index contributed by atoms with van der Waals surface area (Å²) in [5.74, 6) is 2.40. The van der Waals surface area contributed by atoms with Crippen LogP contribution >= 0.6 is 0 Å². The average molecular weight is 467 g/mol. The smallest absolute Gasteiger partial charge is 0.343 e. The first-order chi connectivity index (χ1) is 16.6. The maximum Gasteiger partial charge on any atom is 0.343 e. The molecule has 4 heteroatoms. The number of esters is 1. The minimum Gasteiger partial charge on any atom is -0.494 e. The summed E-state index contributed by atoms with van der Waals surface area (Å²) in [6.07, 6.45) is 15.8. The zero-order valence-corrected chi connectivity index (χ0v) is 21.3. The van der Waals surface area contributed by atoms with Crippen LogP contribution in [0.3, 0.4) is 0 Å². The van der Waals surface area contributed by atoms with Crippen LogP contribution in [-0.2, 0) is 0 Å². The van der Waals surface area contributed by atoms with E-state index < -0.39 is 5.97 Å². The molecule has 2 aromatic rings. The van der Waals surface area contributed by atoms with Crippen LogP contribution in [0.5, 0.6) is 17.2 Å². The van der Waals surface area contributed by atoms with E-state index in [0.717, 1.165) is 24.5 Å². The molecule has 0 unspecified atom stereocenters. The van der Waals surface area contributed by atoms with Crippen LogP contribution in [0, 0.1) is 5.92 Å². The third-order valence-corrected chi connectivity index (χ3v) is 5.96. The van der Waals surface area contributed by atoms with Crippen molar-refractivity contribution < 1.29 is 19.0 Å². The summed E-state index contributed by atoms with van der Waals surface area (Å²) in [5, 5.41) is 0. The third-order valence-electron chi connectivity index (χ3n) is 5.96. The fourth-order valence-electron chi connectivity index (χ4n) is 3.49. The Morgan fingerprint density at radius 2 is 1.50 bits per heavy atom. The van der Waals surface area contributed by atoms with Crippen molar-refractivity contribution in [2.75, 3.05) is 6.61 Å². The van der Waals surface area contributed by atoms with Gasteiger partial charge in [-0.25, -0.2) is 4.79 Å². The van der Waals surface area contributed by atoms with E-state index in [4.69, 9.17) is 14.2 Å². The second-order valence-corrected chi connectivity index (χ2v) is 8.94. The molecule has 0 saturated heterocycles. The average Bonchev–Trinajstić information content (AvgIpc) is 2.86. The molecule has 34 heavy (non-hydrogen) atoms. The van der Waals surface area contributed by atoms with Gasteiger partial charge in [-0.2, -0.15) is 0 Å². The van der Waals surface area contributed by atoms with Crippen molar-refractivity contribution in [3.8, 4) is 17.2 Å². The van der Waals surface area contributed by atoms with Gasteiger partial charge >= 0.3 is 5.97 Å². The van der Waals surface area contributed by atoms with E-state index in [9.17, 15) is 4.79 Å². The molecule has 0 aromatic heterocycles. The van der Waals surface area contributed by atoms with Gasteiger partial charge in [-0.05, 0) is 79.8 Å². The maximum atomic E-state index is 12.4. The van der Waals surface area contributed by atoms with Gasteiger partial charge in [-0.3, -0.25) is 0 Å². The van der Waals surface area contributed by atoms with Gasteiger partial charge in [0, 0.05) is 0 Å². The summed E-state index contributed by atoms with van der Waals surface area (Å²) in [4.78, 5) is 12.4. The summed E-state index contributed by atoms with van der Waals surface area (Å²) in [5.41, 5.74) is 0.493. The fraction of sp³-hybridized carbons (Fsp3) is 0.500. The molecular formula is C30H42O4. The van der Waals surface area contributed by atoms with Gasteiger partial charge in [0.2, 0.25) is 0 Å². The van der Waals surface area contributed by atoms with Crippen molar-refractivity contribution in [2.24, 2.45) is 5.92 Å². The van der Waals surface area contributed by atoms with Crippen LogP contribution in [-0.4, -0.2) is 12.6 Å². The Kier molecular flexibility index (Phi) is 13.6. The highest BCUT2D eigenvalue weighted by atomic mass is 16.5. The molecule has 4 nitrogen and oxygen atoms in total. The van der Waals surface area contributed by atoms with E-state index in [1.54, 1.807) is 42.7 Å². The van der Waals surface area contributed by atoms with Gasteiger partial charge in [-0.1, -0.05) is 65.7 Å². The molecule has 0 N–H and O–H groups in total. The Bertz CT molecular complexity index is 824. The van der Waals surface area contributed by atoms with E-state index in [0.29, 0.717) is 23.7 Å². The Hall–Kier alpha value is -2.75. The molecule has 1 atom stereocenters. The van der Waals surface area contributed by atoms with E-state index in [1.165, 1.54) is 51.4 Å². The normalized spacial score (nSPS) is 12.0. The highest BCUT2D eigenvalue weighted by Crippen LogP contribution is 2.20. The number of allylic oxidation sites excluding steroid dienone is 1. The zero-order chi connectivity index (χ0) is 24.4. The van der Waals surface area contributed by atoms with Crippen LogP contribution in [0.2, 0.25) is 0 Å². The molecule has 0 heterocycles. The van der Waals surface area contributed by atoms with Gasteiger partial charge in [0.1, 0.15) is 17.2 Å². The van der Waals surface area contributed by atoms with Gasteiger partial charge < -0.3 is 14.2 Å². The molecule has 2 rings (SSSR count). The van der Waals surface area contributed by atoms with Gasteiger partial charge in [0.15, 0.2) is 0 Å². The number of hydrogen-bond acceptors (Lipinski definition) is 4. The Labute approximate surface area is 206 Å². The fourth-order valence-corrected chi connectivity index (χ4v) is 3.49. The van der Waals surface area contributed by atoms with Crippen molar-refractivity contribution in [1.29, 1.82) is 0 Å². The van der Waals surface area contributed by atoms with Crippen LogP contribution in [0.1, 0.15) is 95.3 Å².